The van der Waals surface area contributed by atoms with Gasteiger partial charge in [-0.25, -0.2) is 0 Å². The van der Waals surface area contributed by atoms with Crippen molar-refractivity contribution < 1.29 is 4.79 Å². The van der Waals surface area contributed by atoms with E-state index < -0.39 is 0 Å². The van der Waals surface area contributed by atoms with Crippen molar-refractivity contribution in [3.63, 3.8) is 0 Å². The van der Waals surface area contributed by atoms with E-state index in [-0.39, 0.29) is 5.91 Å². The summed E-state index contributed by atoms with van der Waals surface area (Å²) < 4.78 is 0. The van der Waals surface area contributed by atoms with Crippen LogP contribution >= 0.6 is 0 Å². The van der Waals surface area contributed by atoms with Gasteiger partial charge >= 0.3 is 0 Å². The lowest BCUT2D eigenvalue weighted by molar-refractivity contribution is 0.0467. The Kier molecular flexibility index (Phi) is 4.10. The second kappa shape index (κ2) is 6.02. The van der Waals surface area contributed by atoms with Gasteiger partial charge in [0.2, 0.25) is 0 Å². The fourth-order valence-electron chi connectivity index (χ4n) is 3.79. The quantitative estimate of drug-likeness (QED) is 0.648. The van der Waals surface area contributed by atoms with Crippen LogP contribution in [0, 0.1) is 5.41 Å². The average molecular weight is 288 g/mol. The van der Waals surface area contributed by atoms with Gasteiger partial charge in [0, 0.05) is 19.3 Å². The van der Waals surface area contributed by atoms with Gasteiger partial charge in [0.05, 0.1) is 5.69 Å². The Morgan fingerprint density at radius 3 is 2.57 bits per heavy atom. The third-order valence-corrected chi connectivity index (χ3v) is 5.17. The topological polar surface area (TPSA) is 71.2 Å². The van der Waals surface area contributed by atoms with Crippen molar-refractivity contribution in [3.05, 3.63) is 24.0 Å². The monoisotopic (exact) mass is 288 g/mol. The summed E-state index contributed by atoms with van der Waals surface area (Å²) in [5.41, 5.74) is 4.27. The van der Waals surface area contributed by atoms with E-state index in [9.17, 15) is 4.79 Å². The van der Waals surface area contributed by atoms with Crippen molar-refractivity contribution in [2.24, 2.45) is 11.3 Å². The molecule has 1 spiro atoms. The van der Waals surface area contributed by atoms with Crippen molar-refractivity contribution >= 4 is 11.6 Å². The van der Waals surface area contributed by atoms with E-state index in [1.807, 2.05) is 4.90 Å². The van der Waals surface area contributed by atoms with Crippen molar-refractivity contribution in [2.75, 3.05) is 18.5 Å². The number of nitrogens with zero attached hydrogens (tertiary/aromatic N) is 2. The number of likely N-dealkylation sites (tertiary alicyclic amines) is 1. The van der Waals surface area contributed by atoms with Crippen LogP contribution in [0.25, 0.3) is 0 Å². The number of carbonyl (C=O) groups excluding carboxylic acids is 1. The molecule has 1 saturated heterocycles. The van der Waals surface area contributed by atoms with Gasteiger partial charge in [-0.05, 0) is 43.2 Å². The standard InChI is InChI=1S/C16H24N4O/c17-19-13-4-9-18-14(12-13)15(21)20-10-7-16(8-11-20)5-2-1-3-6-16/h4,9,12H,1-3,5-8,10-11,17H2,(H,18,19). The van der Waals surface area contributed by atoms with Crippen LogP contribution in [0.5, 0.6) is 0 Å². The smallest absolute Gasteiger partial charge is 0.272 e. The molecule has 1 amide bonds. The molecule has 5 nitrogen and oxygen atoms in total. The van der Waals surface area contributed by atoms with Gasteiger partial charge in [0.15, 0.2) is 0 Å². The number of carbonyl (C=O) groups is 1. The minimum absolute atomic E-state index is 0.0257. The normalized spacial score (nSPS) is 21.3. The second-order valence-corrected chi connectivity index (χ2v) is 6.43. The summed E-state index contributed by atoms with van der Waals surface area (Å²) in [6, 6.07) is 3.47. The van der Waals surface area contributed by atoms with Gasteiger partial charge in [-0.1, -0.05) is 19.3 Å². The molecule has 0 atom stereocenters. The van der Waals surface area contributed by atoms with Crippen LogP contribution in [0.1, 0.15) is 55.4 Å². The molecule has 5 heteroatoms. The zero-order valence-corrected chi connectivity index (χ0v) is 12.5. The van der Waals surface area contributed by atoms with E-state index in [4.69, 9.17) is 5.84 Å². The highest BCUT2D eigenvalue weighted by Gasteiger charge is 2.36. The van der Waals surface area contributed by atoms with Crippen LogP contribution in [-0.2, 0) is 0 Å². The van der Waals surface area contributed by atoms with Crippen molar-refractivity contribution in [3.8, 4) is 0 Å². The molecule has 0 aromatic carbocycles. The lowest BCUT2D eigenvalue weighted by Gasteiger charge is -2.44. The predicted octanol–water partition coefficient (Wildman–Crippen LogP) is 2.55. The maximum Gasteiger partial charge on any atom is 0.272 e. The first kappa shape index (κ1) is 14.3. The Morgan fingerprint density at radius 2 is 1.90 bits per heavy atom. The number of pyridine rings is 1. The minimum atomic E-state index is 0.0257. The number of amides is 1. The van der Waals surface area contributed by atoms with E-state index >= 15 is 0 Å². The van der Waals surface area contributed by atoms with Crippen molar-refractivity contribution in [1.29, 1.82) is 0 Å². The van der Waals surface area contributed by atoms with Gasteiger partial charge in [-0.2, -0.15) is 0 Å². The summed E-state index contributed by atoms with van der Waals surface area (Å²) in [5, 5.41) is 0. The van der Waals surface area contributed by atoms with Gasteiger partial charge in [0.25, 0.3) is 5.91 Å². The number of hydrogen-bond acceptors (Lipinski definition) is 4. The number of piperidine rings is 1. The number of aromatic nitrogens is 1. The third-order valence-electron chi connectivity index (χ3n) is 5.17. The Bertz CT molecular complexity index is 501. The van der Waals surface area contributed by atoms with Crippen LogP contribution in [0.2, 0.25) is 0 Å². The van der Waals surface area contributed by atoms with Gasteiger partial charge in [-0.15, -0.1) is 0 Å². The Labute approximate surface area is 125 Å². The molecule has 114 valence electrons. The highest BCUT2D eigenvalue weighted by molar-refractivity contribution is 5.93. The molecular weight excluding hydrogens is 264 g/mol. The number of nitrogen functional groups attached to an aromatic ring is 1. The molecule has 1 aromatic rings. The van der Waals surface area contributed by atoms with E-state index in [2.05, 4.69) is 10.4 Å². The zero-order valence-electron chi connectivity index (χ0n) is 12.5. The molecule has 2 aliphatic rings. The van der Waals surface area contributed by atoms with E-state index in [0.29, 0.717) is 16.8 Å². The number of rotatable bonds is 2. The highest BCUT2D eigenvalue weighted by atomic mass is 16.2. The fraction of sp³-hybridized carbons (Fsp3) is 0.625. The maximum absolute atomic E-state index is 12.5. The number of hydrazine groups is 1. The molecule has 1 aliphatic heterocycles. The zero-order chi connectivity index (χ0) is 14.7. The molecule has 1 saturated carbocycles. The predicted molar refractivity (Wildman–Crippen MR) is 82.7 cm³/mol. The van der Waals surface area contributed by atoms with Crippen molar-refractivity contribution in [1.82, 2.24) is 9.88 Å². The Morgan fingerprint density at radius 1 is 1.19 bits per heavy atom. The lowest BCUT2D eigenvalue weighted by Crippen LogP contribution is -2.44. The number of nitrogens with one attached hydrogen (secondary N) is 1. The van der Waals surface area contributed by atoms with E-state index in [1.165, 1.54) is 32.1 Å². The summed E-state index contributed by atoms with van der Waals surface area (Å²) in [6.07, 6.45) is 10.7. The van der Waals surface area contributed by atoms with Crippen LogP contribution in [0.15, 0.2) is 18.3 Å². The molecule has 2 fully saturated rings. The summed E-state index contributed by atoms with van der Waals surface area (Å²) in [7, 11) is 0. The summed E-state index contributed by atoms with van der Waals surface area (Å²) >= 11 is 0. The van der Waals surface area contributed by atoms with Gasteiger partial charge in [0.1, 0.15) is 5.69 Å². The Hall–Kier alpha value is -1.62. The highest BCUT2D eigenvalue weighted by Crippen LogP contribution is 2.44. The van der Waals surface area contributed by atoms with Gasteiger partial charge < -0.3 is 10.3 Å². The first-order valence-electron chi connectivity index (χ1n) is 7.94. The molecule has 1 aromatic heterocycles. The molecule has 2 heterocycles. The SMILES string of the molecule is NNc1ccnc(C(=O)N2CCC3(CCCCC3)CC2)c1. The molecule has 3 rings (SSSR count). The van der Waals surface area contributed by atoms with Crippen molar-refractivity contribution in [2.45, 2.75) is 44.9 Å². The number of hydrogen-bond donors (Lipinski definition) is 2. The maximum atomic E-state index is 12.5. The molecule has 0 bridgehead atoms. The first-order chi connectivity index (χ1) is 10.2. The second-order valence-electron chi connectivity index (χ2n) is 6.43. The number of nitrogens with two attached hydrogens (primary N) is 1. The van der Waals surface area contributed by atoms with Gasteiger partial charge in [-0.3, -0.25) is 15.6 Å². The minimum Gasteiger partial charge on any atom is -0.337 e. The average Bonchev–Trinajstić information content (AvgIpc) is 2.56. The largest absolute Gasteiger partial charge is 0.337 e. The fourth-order valence-corrected chi connectivity index (χ4v) is 3.79. The van der Waals surface area contributed by atoms with E-state index in [1.54, 1.807) is 18.3 Å². The Balaban J connectivity index is 1.64. The molecule has 3 N–H and O–H groups in total. The molecule has 0 radical (unpaired) electrons. The molecular formula is C16H24N4O. The number of anilines is 1. The first-order valence-corrected chi connectivity index (χ1v) is 7.94. The van der Waals surface area contributed by atoms with E-state index in [0.717, 1.165) is 25.9 Å². The molecule has 21 heavy (non-hydrogen) atoms. The summed E-state index contributed by atoms with van der Waals surface area (Å²) in [4.78, 5) is 18.7. The third kappa shape index (κ3) is 3.02. The van der Waals surface area contributed by atoms with Crippen LogP contribution < -0.4 is 11.3 Å². The lowest BCUT2D eigenvalue weighted by atomic mass is 9.68. The van der Waals surface area contributed by atoms with Crippen LogP contribution in [-0.4, -0.2) is 28.9 Å². The summed E-state index contributed by atoms with van der Waals surface area (Å²) in [5.74, 6) is 5.41. The van der Waals surface area contributed by atoms with Crippen LogP contribution in [0.4, 0.5) is 5.69 Å². The molecule has 0 unspecified atom stereocenters. The summed E-state index contributed by atoms with van der Waals surface area (Å²) in [6.45, 7) is 1.72. The van der Waals surface area contributed by atoms with Crippen LogP contribution in [0.3, 0.4) is 0 Å². The molecule has 1 aliphatic carbocycles.